The lowest BCUT2D eigenvalue weighted by Crippen LogP contribution is -2.68. The average molecular weight is 1700 g/mol. The van der Waals surface area contributed by atoms with Crippen LogP contribution >= 0.6 is 0 Å². The fourth-order valence-corrected chi connectivity index (χ4v) is 13.5. The lowest BCUT2D eigenvalue weighted by atomic mass is 9.95. The third-order valence-corrected chi connectivity index (χ3v) is 19.2. The summed E-state index contributed by atoms with van der Waals surface area (Å²) in [6, 6.07) is 0. The Labute approximate surface area is 589 Å². The summed E-state index contributed by atoms with van der Waals surface area (Å²) in [6.45, 7) is -11.6. The van der Waals surface area contributed by atoms with Crippen molar-refractivity contribution in [2.75, 3.05) is 46.2 Å². The highest BCUT2D eigenvalue weighted by molar-refractivity contribution is 7.82. The van der Waals surface area contributed by atoms with Gasteiger partial charge < -0.3 is 138 Å². The molecule has 21 aliphatic heterocycles. The van der Waals surface area contributed by atoms with Gasteiger partial charge in [-0.25, -0.2) is 29.3 Å². The minimum absolute atomic E-state index is 1.65. The number of hydrogen-bond acceptors (Lipinski definition) is 49. The quantitative estimate of drug-likeness (QED) is 0.0475. The van der Waals surface area contributed by atoms with Gasteiger partial charge in [-0.15, -0.1) is 0 Å². The zero-order chi connectivity index (χ0) is 78.5. The molecule has 35 atom stereocenters. The van der Waals surface area contributed by atoms with Crippen LogP contribution in [0.2, 0.25) is 0 Å². The van der Waals surface area contributed by atoms with Crippen molar-refractivity contribution in [3.05, 3.63) is 0 Å². The summed E-state index contributed by atoms with van der Waals surface area (Å²) in [5.74, 6) is 0. The third-order valence-electron chi connectivity index (χ3n) is 16.2. The first-order valence-electron chi connectivity index (χ1n) is 29.2. The number of aliphatic hydroxyl groups is 14. The molecule has 616 valence electrons. The van der Waals surface area contributed by atoms with Crippen LogP contribution in [0.3, 0.4) is 0 Å². The molecule has 21 fully saturated rings. The molecule has 4 unspecified atom stereocenters. The van der Waals surface area contributed by atoms with E-state index < -0.39 is 334 Å². The molecular formula is C42H70O56S7. The molecule has 0 aromatic heterocycles. The molecule has 0 aromatic rings. The Hall–Kier alpha value is -2.03. The second-order valence-corrected chi connectivity index (χ2v) is 31.0. The zero-order valence-corrected chi connectivity index (χ0v) is 57.4. The summed E-state index contributed by atoms with van der Waals surface area (Å²) in [7, 11) is -39.7. The molecule has 105 heavy (non-hydrogen) atoms. The van der Waals surface area contributed by atoms with E-state index in [0.29, 0.717) is 0 Å². The summed E-state index contributed by atoms with van der Waals surface area (Å²) < 4.78 is 343. The van der Waals surface area contributed by atoms with Crippen molar-refractivity contribution in [3.63, 3.8) is 0 Å². The number of rotatable bonds is 21. The molecule has 21 heterocycles. The van der Waals surface area contributed by atoms with Gasteiger partial charge in [-0.2, -0.15) is 58.9 Å². The van der Waals surface area contributed by atoms with Gasteiger partial charge in [0.2, 0.25) is 0 Å². The third kappa shape index (κ3) is 23.6. The largest absolute Gasteiger partial charge is 0.397 e. The van der Waals surface area contributed by atoms with Crippen molar-refractivity contribution < 1.29 is 258 Å². The predicted octanol–water partition coefficient (Wildman–Crippen LogP) is -16.4. The van der Waals surface area contributed by atoms with Gasteiger partial charge >= 0.3 is 72.8 Å². The van der Waals surface area contributed by atoms with Crippen LogP contribution in [0.1, 0.15) is 0 Å². The highest BCUT2D eigenvalue weighted by atomic mass is 32.3. The maximum atomic E-state index is 12.0. The van der Waals surface area contributed by atoms with Crippen molar-refractivity contribution >= 4 is 72.8 Å². The van der Waals surface area contributed by atoms with E-state index in [4.69, 9.17) is 66.3 Å². The summed E-state index contributed by atoms with van der Waals surface area (Å²) in [5.41, 5.74) is 0. The Morgan fingerprint density at radius 3 is 0.352 bits per heavy atom. The molecule has 0 aliphatic carbocycles. The number of hydrogen-bond donors (Lipinski definition) is 21. The maximum absolute atomic E-state index is 12.0. The summed E-state index contributed by atoms with van der Waals surface area (Å²) >= 11 is 0. The molecule has 63 heteroatoms. The normalized spacial score (nSPS) is 44.9. The fraction of sp³-hybridized carbons (Fsp3) is 1.00. The summed E-state index contributed by atoms with van der Waals surface area (Å²) in [4.78, 5) is 0. The fourth-order valence-electron chi connectivity index (χ4n) is 11.4. The summed E-state index contributed by atoms with van der Waals surface area (Å²) in [5, 5.41) is 163. The molecule has 0 amide bonds. The van der Waals surface area contributed by atoms with Crippen molar-refractivity contribution in [2.45, 2.75) is 215 Å². The standard InChI is InChI=1S/C42H70O56S7/c43-15-22(50)36-85-8(1-78-99(57,58)59)29(15)92-37-23(51)16(44)31(10(86-37)3-80-101(63,64)65)94-39-25(53)18(46)33(12(88-39)5-82-103(69,70)71)96-41-27(55)20(48)35(14(90-41)7-84-105(75,76)77)98-42-28(56)21(49)34(13(91-42)6-83-104(72,73)74)97-40-26(54)19(47)32(11(89-40)4-81-102(66,67)68)95-38-24(52)17(45)30(93-36)9(87-38)2-79-100(60,61)62/h8-56H,1-7H2,(H,57,58,59)(H,60,61,62)(H,63,64,65)(H,66,67,68)(H,69,70,71)(H,72,73,74)(H,75,76,77)/t8-,9-,10-,11-,12-,13-,14-,15-,16-,17-,18-,19-,20-,21?,22-,23-,24-,25?,26-,27-,28-,29-,30-,31-,32-,33-,34-,35-,36?,37?,38-,39-,40-,41-,42-/m1/s1. The van der Waals surface area contributed by atoms with E-state index in [2.05, 4.69) is 29.3 Å². The van der Waals surface area contributed by atoms with Gasteiger partial charge in [0.1, 0.15) is 171 Å². The van der Waals surface area contributed by atoms with Gasteiger partial charge in [0.05, 0.1) is 46.2 Å². The second-order valence-electron chi connectivity index (χ2n) is 23.4. The molecule has 0 radical (unpaired) electrons. The monoisotopic (exact) mass is 1690 g/mol. The first-order valence-corrected chi connectivity index (χ1v) is 38.8. The van der Waals surface area contributed by atoms with E-state index >= 15 is 0 Å². The van der Waals surface area contributed by atoms with E-state index in [0.717, 1.165) is 0 Å². The Bertz CT molecular complexity index is 3040. The molecule has 21 N–H and O–H groups in total. The SMILES string of the molecule is O=S(=O)(O)OC[C@H]1O[C@@H]2O[C@H]3[C@H](O)[C@@H](O)[C@H](O[C@@H]3COS(=O)(=O)O)O[C@H]3C(O)[C@@H](O)[C@@H](O[C@H]4[C@H](O)[C@@H](O)[C@@H](O[C@H]5[C@H](O)C(O)[C@@H](O[C@H]6[C@H](O)[C@@H](O)C(O[C@H]7[C@H](O)[C@@H](O)C(O[C@H]1[C@H](O)[C@H]2O)O[C@@H]7COS(=O)(=O)O)O[C@@H]6COS(=O)(=O)O)O[C@@H]5COS(=O)(=O)O)O[C@@H]4COS(=O)(=O)O)O[C@@H]3COS(=O)(=O)O. The van der Waals surface area contributed by atoms with Gasteiger partial charge in [0.25, 0.3) is 0 Å². The van der Waals surface area contributed by atoms with Crippen LogP contribution in [0, 0.1) is 0 Å². The van der Waals surface area contributed by atoms with Crippen LogP contribution in [0.5, 0.6) is 0 Å². The molecule has 14 bridgehead atoms. The molecular weight excluding hydrogens is 1620 g/mol. The first kappa shape index (κ1) is 88.5. The second kappa shape index (κ2) is 34.7. The Balaban J connectivity index is 1.23. The molecule has 56 nitrogen and oxygen atoms in total. The topological polar surface area (TPSA) is 858 Å². The van der Waals surface area contributed by atoms with Gasteiger partial charge in [0, 0.05) is 0 Å². The Morgan fingerprint density at radius 1 is 0.171 bits per heavy atom. The molecule has 21 rings (SSSR count). The first-order chi connectivity index (χ1) is 48.2. The van der Waals surface area contributed by atoms with Crippen molar-refractivity contribution in [2.24, 2.45) is 0 Å². The molecule has 0 aromatic carbocycles. The van der Waals surface area contributed by atoms with Crippen LogP contribution in [-0.2, 0) is 168 Å². The summed E-state index contributed by atoms with van der Waals surface area (Å²) in [6.07, 6.45) is -93.1. The predicted molar refractivity (Wildman–Crippen MR) is 301 cm³/mol. The molecule has 0 spiro atoms. The van der Waals surface area contributed by atoms with Crippen molar-refractivity contribution in [1.29, 1.82) is 0 Å². The lowest BCUT2D eigenvalue weighted by molar-refractivity contribution is -0.395. The van der Waals surface area contributed by atoms with Crippen LogP contribution < -0.4 is 0 Å². The highest BCUT2D eigenvalue weighted by Gasteiger charge is 2.61. The van der Waals surface area contributed by atoms with Gasteiger partial charge in [-0.3, -0.25) is 31.9 Å². The number of aliphatic hydroxyl groups excluding tert-OH is 14. The van der Waals surface area contributed by atoms with Gasteiger partial charge in [0.15, 0.2) is 44.0 Å². The van der Waals surface area contributed by atoms with E-state index in [1.807, 2.05) is 0 Å². The van der Waals surface area contributed by atoms with Crippen LogP contribution in [0.15, 0.2) is 0 Å². The Morgan fingerprint density at radius 2 is 0.267 bits per heavy atom. The van der Waals surface area contributed by atoms with Gasteiger partial charge in [-0.1, -0.05) is 0 Å². The van der Waals surface area contributed by atoms with E-state index in [1.165, 1.54) is 0 Å². The van der Waals surface area contributed by atoms with Crippen LogP contribution in [0.4, 0.5) is 0 Å². The van der Waals surface area contributed by atoms with E-state index in [9.17, 15) is 162 Å². The Kier molecular flexibility index (Phi) is 29.3. The minimum atomic E-state index is -5.67. The van der Waals surface area contributed by atoms with E-state index in [-0.39, 0.29) is 0 Å². The minimum Gasteiger partial charge on any atom is -0.387 e. The maximum Gasteiger partial charge on any atom is 0.397 e. The molecule has 0 saturated carbocycles. The van der Waals surface area contributed by atoms with Gasteiger partial charge in [-0.05, 0) is 0 Å². The molecule has 21 saturated heterocycles. The van der Waals surface area contributed by atoms with E-state index in [1.54, 1.807) is 0 Å². The lowest BCUT2D eigenvalue weighted by Gasteiger charge is -2.50. The average Bonchev–Trinajstić information content (AvgIpc) is 0.784. The van der Waals surface area contributed by atoms with Crippen LogP contribution in [0.25, 0.3) is 0 Å². The number of ether oxygens (including phenoxy) is 14. The highest BCUT2D eigenvalue weighted by Crippen LogP contribution is 2.40. The van der Waals surface area contributed by atoms with Crippen LogP contribution in [-0.4, -0.2) is 423 Å². The smallest absolute Gasteiger partial charge is 0.387 e. The molecule has 21 aliphatic rings. The zero-order valence-electron chi connectivity index (χ0n) is 51.7. The van der Waals surface area contributed by atoms with Crippen molar-refractivity contribution in [1.82, 2.24) is 0 Å². The van der Waals surface area contributed by atoms with Crippen molar-refractivity contribution in [3.8, 4) is 0 Å².